The quantitative estimate of drug-likeness (QED) is 0.827. The molecule has 1 amide bonds. The van der Waals surface area contributed by atoms with Crippen LogP contribution in [0.1, 0.15) is 17.3 Å². The van der Waals surface area contributed by atoms with Crippen molar-refractivity contribution in [3.63, 3.8) is 0 Å². The molecule has 1 saturated heterocycles. The van der Waals surface area contributed by atoms with Crippen molar-refractivity contribution in [2.75, 3.05) is 13.1 Å². The van der Waals surface area contributed by atoms with Crippen LogP contribution in [0.4, 0.5) is 13.2 Å². The highest BCUT2D eigenvalue weighted by Gasteiger charge is 2.35. The van der Waals surface area contributed by atoms with Gasteiger partial charge in [0.1, 0.15) is 5.75 Å². The summed E-state index contributed by atoms with van der Waals surface area (Å²) >= 11 is 3.14. The van der Waals surface area contributed by atoms with Gasteiger partial charge in [0.2, 0.25) is 0 Å². The fourth-order valence-corrected chi connectivity index (χ4v) is 2.28. The van der Waals surface area contributed by atoms with Crippen LogP contribution in [0.15, 0.2) is 22.7 Å². The van der Waals surface area contributed by atoms with E-state index in [1.165, 1.54) is 17.0 Å². The van der Waals surface area contributed by atoms with E-state index in [1.54, 1.807) is 0 Å². The van der Waals surface area contributed by atoms with Crippen molar-refractivity contribution in [3.8, 4) is 5.75 Å². The van der Waals surface area contributed by atoms with Crippen LogP contribution in [0.5, 0.6) is 5.75 Å². The van der Waals surface area contributed by atoms with Gasteiger partial charge in [-0.3, -0.25) is 4.79 Å². The highest BCUT2D eigenvalue weighted by atomic mass is 79.9. The SMILES string of the molecule is CC1CN(C(=O)c2cc(Br)ccc2OC(F)(F)F)C1. The Kier molecular flexibility index (Phi) is 3.75. The third-order valence-corrected chi connectivity index (χ3v) is 3.24. The monoisotopic (exact) mass is 337 g/mol. The minimum atomic E-state index is -4.81. The molecule has 104 valence electrons. The van der Waals surface area contributed by atoms with Gasteiger partial charge in [-0.05, 0) is 24.1 Å². The molecule has 0 saturated carbocycles. The summed E-state index contributed by atoms with van der Waals surface area (Å²) < 4.78 is 41.3. The van der Waals surface area contributed by atoms with Crippen molar-refractivity contribution < 1.29 is 22.7 Å². The van der Waals surface area contributed by atoms with E-state index in [2.05, 4.69) is 20.7 Å². The van der Waals surface area contributed by atoms with Crippen LogP contribution in [-0.2, 0) is 0 Å². The number of hydrogen-bond acceptors (Lipinski definition) is 2. The Balaban J connectivity index is 2.27. The molecule has 1 aliphatic rings. The molecule has 1 heterocycles. The molecule has 0 spiro atoms. The van der Waals surface area contributed by atoms with E-state index < -0.39 is 18.0 Å². The summed E-state index contributed by atoms with van der Waals surface area (Å²) in [6.07, 6.45) is -4.81. The summed E-state index contributed by atoms with van der Waals surface area (Å²) in [4.78, 5) is 13.6. The summed E-state index contributed by atoms with van der Waals surface area (Å²) in [7, 11) is 0. The molecule has 1 aromatic carbocycles. The summed E-state index contributed by atoms with van der Waals surface area (Å²) in [6.45, 7) is 3.07. The van der Waals surface area contributed by atoms with Gasteiger partial charge in [0.05, 0.1) is 5.56 Å². The van der Waals surface area contributed by atoms with Crippen LogP contribution in [-0.4, -0.2) is 30.3 Å². The molecule has 0 N–H and O–H groups in total. The molecular weight excluding hydrogens is 327 g/mol. The largest absolute Gasteiger partial charge is 0.573 e. The maximum Gasteiger partial charge on any atom is 0.573 e. The zero-order valence-electron chi connectivity index (χ0n) is 10.00. The molecule has 1 aromatic rings. The second kappa shape index (κ2) is 5.03. The van der Waals surface area contributed by atoms with E-state index in [-0.39, 0.29) is 5.56 Å². The van der Waals surface area contributed by atoms with Gasteiger partial charge in [-0.15, -0.1) is 13.2 Å². The average molecular weight is 338 g/mol. The highest BCUT2D eigenvalue weighted by molar-refractivity contribution is 9.10. The first-order valence-corrected chi connectivity index (χ1v) is 6.40. The molecule has 3 nitrogen and oxygen atoms in total. The predicted octanol–water partition coefficient (Wildman–Crippen LogP) is 3.44. The molecule has 0 atom stereocenters. The number of likely N-dealkylation sites (tertiary alicyclic amines) is 1. The second-order valence-corrected chi connectivity index (χ2v) is 5.42. The fraction of sp³-hybridized carbons (Fsp3) is 0.417. The molecule has 19 heavy (non-hydrogen) atoms. The number of carbonyl (C=O) groups excluding carboxylic acids is 1. The van der Waals surface area contributed by atoms with Crippen molar-refractivity contribution >= 4 is 21.8 Å². The Labute approximate surface area is 116 Å². The molecule has 1 fully saturated rings. The Bertz CT molecular complexity index is 498. The summed E-state index contributed by atoms with van der Waals surface area (Å²) in [5.41, 5.74) is -0.0846. The van der Waals surface area contributed by atoms with Gasteiger partial charge in [0, 0.05) is 17.6 Å². The fourth-order valence-electron chi connectivity index (χ4n) is 1.92. The minimum absolute atomic E-state index is 0.0846. The molecule has 0 unspecified atom stereocenters. The number of alkyl halides is 3. The standard InChI is InChI=1S/C12H11BrF3NO2/c1-7-5-17(6-7)11(18)9-4-8(13)2-3-10(9)19-12(14,15)16/h2-4,7H,5-6H2,1H3. The second-order valence-electron chi connectivity index (χ2n) is 4.50. The lowest BCUT2D eigenvalue weighted by molar-refractivity contribution is -0.274. The maximum atomic E-state index is 12.3. The van der Waals surface area contributed by atoms with Crippen LogP contribution in [0, 0.1) is 5.92 Å². The molecule has 0 radical (unpaired) electrons. The maximum absolute atomic E-state index is 12.3. The zero-order chi connectivity index (χ0) is 14.2. The lowest BCUT2D eigenvalue weighted by atomic mass is 10.0. The smallest absolute Gasteiger partial charge is 0.405 e. The van der Waals surface area contributed by atoms with Crippen molar-refractivity contribution in [2.24, 2.45) is 5.92 Å². The van der Waals surface area contributed by atoms with E-state index in [1.807, 2.05) is 6.92 Å². The summed E-state index contributed by atoms with van der Waals surface area (Å²) in [5.74, 6) is -0.540. The third kappa shape index (κ3) is 3.40. The molecular formula is C12H11BrF3NO2. The summed E-state index contributed by atoms with van der Waals surface area (Å²) in [5, 5.41) is 0. The number of benzene rings is 1. The van der Waals surface area contributed by atoms with Gasteiger partial charge in [0.15, 0.2) is 0 Å². The average Bonchev–Trinajstić information content (AvgIpc) is 2.25. The molecule has 7 heteroatoms. The van der Waals surface area contributed by atoms with E-state index in [9.17, 15) is 18.0 Å². The molecule has 0 aromatic heterocycles. The van der Waals surface area contributed by atoms with Crippen molar-refractivity contribution in [3.05, 3.63) is 28.2 Å². The van der Waals surface area contributed by atoms with Gasteiger partial charge < -0.3 is 9.64 Å². The van der Waals surface area contributed by atoms with E-state index >= 15 is 0 Å². The lowest BCUT2D eigenvalue weighted by Gasteiger charge is -2.37. The van der Waals surface area contributed by atoms with E-state index in [4.69, 9.17) is 0 Å². The topological polar surface area (TPSA) is 29.5 Å². The number of ether oxygens (including phenoxy) is 1. The highest BCUT2D eigenvalue weighted by Crippen LogP contribution is 2.31. The van der Waals surface area contributed by atoms with Crippen molar-refractivity contribution in [2.45, 2.75) is 13.3 Å². The molecule has 2 rings (SSSR count). The Morgan fingerprint density at radius 1 is 1.42 bits per heavy atom. The Hall–Kier alpha value is -1.24. The van der Waals surface area contributed by atoms with Crippen LogP contribution in [0.25, 0.3) is 0 Å². The Morgan fingerprint density at radius 3 is 2.58 bits per heavy atom. The van der Waals surface area contributed by atoms with Crippen LogP contribution >= 0.6 is 15.9 Å². The van der Waals surface area contributed by atoms with E-state index in [0.29, 0.717) is 23.5 Å². The number of hydrogen-bond donors (Lipinski definition) is 0. The number of carbonyl (C=O) groups is 1. The van der Waals surface area contributed by atoms with Crippen LogP contribution in [0.2, 0.25) is 0 Å². The number of nitrogens with zero attached hydrogens (tertiary/aromatic N) is 1. The Morgan fingerprint density at radius 2 is 2.05 bits per heavy atom. The summed E-state index contributed by atoms with van der Waals surface area (Å²) in [6, 6.07) is 3.87. The molecule has 0 aliphatic carbocycles. The van der Waals surface area contributed by atoms with Crippen molar-refractivity contribution in [1.29, 1.82) is 0 Å². The lowest BCUT2D eigenvalue weighted by Crippen LogP contribution is -2.48. The molecule has 0 bridgehead atoms. The number of rotatable bonds is 2. The predicted molar refractivity (Wildman–Crippen MR) is 65.9 cm³/mol. The normalized spacial score (nSPS) is 16.2. The number of halogens is 4. The van der Waals surface area contributed by atoms with Crippen molar-refractivity contribution in [1.82, 2.24) is 4.90 Å². The van der Waals surface area contributed by atoms with E-state index in [0.717, 1.165) is 6.07 Å². The first kappa shape index (κ1) is 14.2. The van der Waals surface area contributed by atoms with Gasteiger partial charge in [-0.1, -0.05) is 22.9 Å². The first-order valence-electron chi connectivity index (χ1n) is 5.61. The first-order chi connectivity index (χ1) is 8.76. The number of amides is 1. The zero-order valence-corrected chi connectivity index (χ0v) is 11.6. The van der Waals surface area contributed by atoms with Crippen LogP contribution in [0.3, 0.4) is 0 Å². The van der Waals surface area contributed by atoms with Gasteiger partial charge in [-0.25, -0.2) is 0 Å². The van der Waals surface area contributed by atoms with Gasteiger partial charge in [-0.2, -0.15) is 0 Å². The molecule has 1 aliphatic heterocycles. The van der Waals surface area contributed by atoms with Gasteiger partial charge >= 0.3 is 6.36 Å². The third-order valence-electron chi connectivity index (χ3n) is 2.75. The van der Waals surface area contributed by atoms with Gasteiger partial charge in [0.25, 0.3) is 5.91 Å². The van der Waals surface area contributed by atoms with Crippen LogP contribution < -0.4 is 4.74 Å². The minimum Gasteiger partial charge on any atom is -0.405 e.